The maximum absolute atomic E-state index is 3.52. The van der Waals surface area contributed by atoms with Crippen LogP contribution >= 0.6 is 0 Å². The highest BCUT2D eigenvalue weighted by Crippen LogP contribution is 2.20. The first-order valence-electron chi connectivity index (χ1n) is 7.35. The predicted molar refractivity (Wildman–Crippen MR) is 73.3 cm³/mol. The van der Waals surface area contributed by atoms with Crippen LogP contribution in [0.4, 0.5) is 0 Å². The lowest BCUT2D eigenvalue weighted by Gasteiger charge is -2.39. The van der Waals surface area contributed by atoms with Crippen molar-refractivity contribution in [1.29, 1.82) is 0 Å². The third-order valence-electron chi connectivity index (χ3n) is 4.35. The van der Waals surface area contributed by atoms with E-state index in [4.69, 9.17) is 0 Å². The average molecular weight is 239 g/mol. The molecule has 3 heteroatoms. The molecule has 0 bridgehead atoms. The summed E-state index contributed by atoms with van der Waals surface area (Å²) in [5.74, 6) is 0.940. The molecule has 0 radical (unpaired) electrons. The molecule has 0 aromatic rings. The Morgan fingerprint density at radius 2 is 1.88 bits per heavy atom. The van der Waals surface area contributed by atoms with Gasteiger partial charge in [0.1, 0.15) is 0 Å². The number of rotatable bonds is 3. The molecule has 2 saturated heterocycles. The third kappa shape index (κ3) is 3.94. The monoisotopic (exact) mass is 239 g/mol. The van der Waals surface area contributed by atoms with E-state index >= 15 is 0 Å². The fraction of sp³-hybridized carbons (Fsp3) is 1.00. The molecule has 0 aromatic carbocycles. The van der Waals surface area contributed by atoms with Gasteiger partial charge in [-0.15, -0.1) is 0 Å². The molecule has 0 saturated carbocycles. The fourth-order valence-electron chi connectivity index (χ4n) is 3.20. The van der Waals surface area contributed by atoms with Crippen molar-refractivity contribution >= 4 is 0 Å². The minimum atomic E-state index is 0.680. The molecule has 1 N–H and O–H groups in total. The van der Waals surface area contributed by atoms with Gasteiger partial charge in [0.05, 0.1) is 0 Å². The van der Waals surface area contributed by atoms with Crippen LogP contribution in [0.5, 0.6) is 0 Å². The number of piperidine rings is 1. The van der Waals surface area contributed by atoms with Gasteiger partial charge in [-0.2, -0.15) is 0 Å². The average Bonchev–Trinajstić information content (AvgIpc) is 2.29. The Morgan fingerprint density at radius 3 is 2.47 bits per heavy atom. The van der Waals surface area contributed by atoms with E-state index in [0.717, 1.165) is 12.0 Å². The molecule has 1 unspecified atom stereocenters. The number of nitrogens with zero attached hydrogens (tertiary/aromatic N) is 2. The molecule has 0 aliphatic carbocycles. The highest BCUT2D eigenvalue weighted by atomic mass is 15.2. The van der Waals surface area contributed by atoms with Gasteiger partial charge in [0.25, 0.3) is 0 Å². The van der Waals surface area contributed by atoms with Crippen molar-refractivity contribution < 1.29 is 0 Å². The zero-order chi connectivity index (χ0) is 12.3. The van der Waals surface area contributed by atoms with Crippen molar-refractivity contribution in [3.05, 3.63) is 0 Å². The van der Waals surface area contributed by atoms with E-state index in [0.29, 0.717) is 6.04 Å². The van der Waals surface area contributed by atoms with Crippen LogP contribution in [-0.2, 0) is 0 Å². The number of nitrogens with one attached hydrogen (secondary N) is 1. The van der Waals surface area contributed by atoms with Crippen molar-refractivity contribution in [2.24, 2.45) is 5.92 Å². The Morgan fingerprint density at radius 1 is 1.18 bits per heavy atom. The van der Waals surface area contributed by atoms with E-state index in [1.165, 1.54) is 52.1 Å². The second-order valence-electron chi connectivity index (χ2n) is 6.19. The summed E-state index contributed by atoms with van der Waals surface area (Å²) in [6.07, 6.45) is 2.80. The van der Waals surface area contributed by atoms with Gasteiger partial charge in [0, 0.05) is 38.3 Å². The fourth-order valence-corrected chi connectivity index (χ4v) is 3.20. The summed E-state index contributed by atoms with van der Waals surface area (Å²) in [4.78, 5) is 5.29. The lowest BCUT2D eigenvalue weighted by atomic mass is 9.95. The molecule has 1 atom stereocenters. The maximum Gasteiger partial charge on any atom is 0.0167 e. The van der Waals surface area contributed by atoms with Gasteiger partial charge in [-0.05, 0) is 52.6 Å². The summed E-state index contributed by atoms with van der Waals surface area (Å²) in [7, 11) is 0. The van der Waals surface area contributed by atoms with E-state index in [1.807, 2.05) is 0 Å². The van der Waals surface area contributed by atoms with Gasteiger partial charge in [0.2, 0.25) is 0 Å². The van der Waals surface area contributed by atoms with Crippen molar-refractivity contribution in [3.63, 3.8) is 0 Å². The van der Waals surface area contributed by atoms with E-state index in [1.54, 1.807) is 0 Å². The second-order valence-corrected chi connectivity index (χ2v) is 6.19. The molecule has 3 nitrogen and oxygen atoms in total. The minimum absolute atomic E-state index is 0.680. The number of hydrogen-bond donors (Lipinski definition) is 1. The van der Waals surface area contributed by atoms with Crippen LogP contribution in [0.25, 0.3) is 0 Å². The molecule has 2 aliphatic rings. The van der Waals surface area contributed by atoms with Crippen molar-refractivity contribution in [2.45, 2.75) is 45.7 Å². The second kappa shape index (κ2) is 6.17. The predicted octanol–water partition coefficient (Wildman–Crippen LogP) is 1.40. The molecule has 0 aromatic heterocycles. The minimum Gasteiger partial charge on any atom is -0.312 e. The zero-order valence-electron chi connectivity index (χ0n) is 11.8. The van der Waals surface area contributed by atoms with Gasteiger partial charge in [0.15, 0.2) is 0 Å². The van der Waals surface area contributed by atoms with Gasteiger partial charge in [-0.1, -0.05) is 0 Å². The number of hydrogen-bond acceptors (Lipinski definition) is 3. The Bertz CT molecular complexity index is 222. The highest BCUT2D eigenvalue weighted by molar-refractivity contribution is 4.80. The van der Waals surface area contributed by atoms with Crippen LogP contribution in [0.2, 0.25) is 0 Å². The zero-order valence-corrected chi connectivity index (χ0v) is 11.8. The first-order valence-corrected chi connectivity index (χ1v) is 7.35. The Kier molecular flexibility index (Phi) is 4.83. The summed E-state index contributed by atoms with van der Waals surface area (Å²) in [6.45, 7) is 14.5. The van der Waals surface area contributed by atoms with Crippen molar-refractivity contribution in [2.75, 3.05) is 39.3 Å². The first kappa shape index (κ1) is 13.3. The smallest absolute Gasteiger partial charge is 0.0167 e. The van der Waals surface area contributed by atoms with E-state index in [2.05, 4.69) is 35.9 Å². The van der Waals surface area contributed by atoms with E-state index in [-0.39, 0.29) is 0 Å². The molecular weight excluding hydrogens is 210 g/mol. The summed E-state index contributed by atoms with van der Waals surface area (Å²) in [5, 5.41) is 3.52. The lowest BCUT2D eigenvalue weighted by Crippen LogP contribution is -2.51. The topological polar surface area (TPSA) is 18.5 Å². The number of likely N-dealkylation sites (tertiary alicyclic amines) is 1. The van der Waals surface area contributed by atoms with E-state index in [9.17, 15) is 0 Å². The van der Waals surface area contributed by atoms with Gasteiger partial charge in [-0.25, -0.2) is 0 Å². The van der Waals surface area contributed by atoms with Crippen LogP contribution in [0.1, 0.15) is 33.6 Å². The summed E-state index contributed by atoms with van der Waals surface area (Å²) in [5.41, 5.74) is 0. The van der Waals surface area contributed by atoms with Crippen LogP contribution in [0, 0.1) is 5.92 Å². The van der Waals surface area contributed by atoms with Gasteiger partial charge in [-0.3, -0.25) is 0 Å². The summed E-state index contributed by atoms with van der Waals surface area (Å²) >= 11 is 0. The summed E-state index contributed by atoms with van der Waals surface area (Å²) < 4.78 is 0. The molecule has 2 heterocycles. The molecule has 2 rings (SSSR count). The van der Waals surface area contributed by atoms with Crippen LogP contribution < -0.4 is 5.32 Å². The molecule has 0 amide bonds. The first-order chi connectivity index (χ1) is 8.15. The van der Waals surface area contributed by atoms with E-state index < -0.39 is 0 Å². The highest BCUT2D eigenvalue weighted by Gasteiger charge is 2.24. The Hall–Kier alpha value is -0.120. The quantitative estimate of drug-likeness (QED) is 0.803. The third-order valence-corrected chi connectivity index (χ3v) is 4.35. The lowest BCUT2D eigenvalue weighted by molar-refractivity contribution is 0.110. The van der Waals surface area contributed by atoms with Crippen LogP contribution in [0.3, 0.4) is 0 Å². The molecule has 17 heavy (non-hydrogen) atoms. The molecule has 2 fully saturated rings. The van der Waals surface area contributed by atoms with Crippen molar-refractivity contribution in [1.82, 2.24) is 15.1 Å². The van der Waals surface area contributed by atoms with Crippen molar-refractivity contribution in [3.8, 4) is 0 Å². The molecule has 100 valence electrons. The normalized spacial score (nSPS) is 30.0. The molecule has 2 aliphatic heterocycles. The molecular formula is C14H29N3. The van der Waals surface area contributed by atoms with Crippen LogP contribution in [0.15, 0.2) is 0 Å². The van der Waals surface area contributed by atoms with Gasteiger partial charge >= 0.3 is 0 Å². The van der Waals surface area contributed by atoms with Crippen LogP contribution in [-0.4, -0.2) is 61.2 Å². The standard InChI is InChI=1S/C14H29N3/c1-12(2)17-7-4-14(5-8-17)11-16-9-6-15-13(3)10-16/h12-15H,4-11H2,1-3H3. The van der Waals surface area contributed by atoms with Gasteiger partial charge < -0.3 is 15.1 Å². The largest absolute Gasteiger partial charge is 0.312 e. The SMILES string of the molecule is CC1CN(CC2CCN(C(C)C)CC2)CCN1. The number of piperazine rings is 1. The Balaban J connectivity index is 1.70. The Labute approximate surface area is 107 Å². The summed E-state index contributed by atoms with van der Waals surface area (Å²) in [6, 6.07) is 1.41. The molecule has 0 spiro atoms. The maximum atomic E-state index is 3.52.